The van der Waals surface area contributed by atoms with Gasteiger partial charge in [-0.3, -0.25) is 4.79 Å². The van der Waals surface area contributed by atoms with Crippen molar-refractivity contribution >= 4 is 28.9 Å². The van der Waals surface area contributed by atoms with Gasteiger partial charge in [0.15, 0.2) is 5.82 Å². The van der Waals surface area contributed by atoms with Crippen LogP contribution in [0.1, 0.15) is 40.3 Å². The summed E-state index contributed by atoms with van der Waals surface area (Å²) in [7, 11) is 2.12. The number of hydrazine groups is 1. The fourth-order valence-electron chi connectivity index (χ4n) is 4.47. The molecule has 0 bridgehead atoms. The average molecular weight is 544 g/mol. The lowest BCUT2D eigenvalue weighted by molar-refractivity contribution is 0.102. The van der Waals surface area contributed by atoms with E-state index in [2.05, 4.69) is 48.1 Å². The minimum absolute atomic E-state index is 0.306. The van der Waals surface area contributed by atoms with Crippen LogP contribution in [0, 0.1) is 13.8 Å². The highest BCUT2D eigenvalue weighted by molar-refractivity contribution is 6.04. The van der Waals surface area contributed by atoms with E-state index in [4.69, 9.17) is 0 Å². The molecule has 10 nitrogen and oxygen atoms in total. The number of nitrogens with zero attached hydrogens (tertiary/aromatic N) is 6. The van der Waals surface area contributed by atoms with Crippen molar-refractivity contribution in [2.45, 2.75) is 26.9 Å². The number of piperazine rings is 1. The molecule has 11 heteroatoms. The molecule has 3 heterocycles. The molecule has 1 fully saturated rings. The van der Waals surface area contributed by atoms with Gasteiger partial charge in [-0.15, -0.1) is 0 Å². The number of halogens is 1. The van der Waals surface area contributed by atoms with Gasteiger partial charge in [-0.05, 0) is 63.2 Å². The molecule has 3 N–H and O–H groups in total. The zero-order valence-electron chi connectivity index (χ0n) is 23.1. The second-order valence-corrected chi connectivity index (χ2v) is 10.1. The molecule has 4 aromatic rings. The van der Waals surface area contributed by atoms with Crippen molar-refractivity contribution in [2.24, 2.45) is 0 Å². The minimum Gasteiger partial charge on any atom is -0.340 e. The highest BCUT2D eigenvalue weighted by atomic mass is 19.1. The van der Waals surface area contributed by atoms with Crippen molar-refractivity contribution in [3.8, 4) is 5.82 Å². The molecule has 0 radical (unpaired) electrons. The van der Waals surface area contributed by atoms with Crippen LogP contribution < -0.4 is 16.1 Å². The molecule has 5 rings (SSSR count). The van der Waals surface area contributed by atoms with E-state index in [0.29, 0.717) is 28.5 Å². The number of carbonyl (C=O) groups is 1. The van der Waals surface area contributed by atoms with Crippen LogP contribution in [0.5, 0.6) is 0 Å². The monoisotopic (exact) mass is 543 g/mol. The van der Waals surface area contributed by atoms with Gasteiger partial charge in [0.25, 0.3) is 5.91 Å². The van der Waals surface area contributed by atoms with Crippen LogP contribution in [0.15, 0.2) is 60.9 Å². The summed E-state index contributed by atoms with van der Waals surface area (Å²) in [5, 5.41) is 13.2. The first kappa shape index (κ1) is 27.2. The minimum atomic E-state index is -1.15. The molecule has 0 saturated carbocycles. The van der Waals surface area contributed by atoms with Crippen molar-refractivity contribution in [2.75, 3.05) is 49.3 Å². The number of amides is 1. The van der Waals surface area contributed by atoms with E-state index >= 15 is 0 Å². The lowest BCUT2D eigenvalue weighted by Gasteiger charge is -2.32. The number of rotatable bonds is 8. The Hall–Kier alpha value is -4.35. The summed E-state index contributed by atoms with van der Waals surface area (Å²) in [5.41, 5.74) is 7.46. The van der Waals surface area contributed by atoms with Crippen LogP contribution in [0.4, 0.5) is 27.4 Å². The maximum atomic E-state index is 13.7. The zero-order valence-corrected chi connectivity index (χ0v) is 23.1. The molecule has 1 saturated heterocycles. The van der Waals surface area contributed by atoms with Gasteiger partial charge in [0.05, 0.1) is 5.69 Å². The Morgan fingerprint density at radius 2 is 1.80 bits per heavy atom. The highest BCUT2D eigenvalue weighted by Crippen LogP contribution is 2.27. The quantitative estimate of drug-likeness (QED) is 0.289. The summed E-state index contributed by atoms with van der Waals surface area (Å²) < 4.78 is 15.5. The number of benzene rings is 2. The summed E-state index contributed by atoms with van der Waals surface area (Å²) >= 11 is 0. The summed E-state index contributed by atoms with van der Waals surface area (Å²) in [5.74, 6) is 1.73. The van der Waals surface area contributed by atoms with Crippen LogP contribution >= 0.6 is 0 Å². The second kappa shape index (κ2) is 11.8. The molecule has 1 amide bonds. The fourth-order valence-corrected chi connectivity index (χ4v) is 4.47. The molecule has 1 unspecified atom stereocenters. The zero-order chi connectivity index (χ0) is 28.2. The lowest BCUT2D eigenvalue weighted by atomic mass is 10.1. The predicted octanol–water partition coefficient (Wildman–Crippen LogP) is 4.88. The average Bonchev–Trinajstić information content (AvgIpc) is 3.32. The Labute approximate surface area is 233 Å². The van der Waals surface area contributed by atoms with E-state index in [1.54, 1.807) is 28.9 Å². The fraction of sp³-hybridized carbons (Fsp3) is 0.310. The number of hydrogen-bond acceptors (Lipinski definition) is 8. The first-order valence-electron chi connectivity index (χ1n) is 13.3. The molecule has 0 spiro atoms. The van der Waals surface area contributed by atoms with Crippen molar-refractivity contribution in [3.63, 3.8) is 0 Å². The topological polar surface area (TPSA) is 103 Å². The lowest BCUT2D eigenvalue weighted by Crippen LogP contribution is -2.47. The van der Waals surface area contributed by atoms with E-state index in [1.807, 2.05) is 44.2 Å². The van der Waals surface area contributed by atoms with Crippen LogP contribution in [0.25, 0.3) is 5.82 Å². The number of alkyl halides is 1. The Kier molecular flexibility index (Phi) is 8.04. The van der Waals surface area contributed by atoms with Gasteiger partial charge in [0, 0.05) is 55.2 Å². The van der Waals surface area contributed by atoms with E-state index in [0.717, 1.165) is 48.9 Å². The highest BCUT2D eigenvalue weighted by Gasteiger charge is 2.16. The summed E-state index contributed by atoms with van der Waals surface area (Å²) in [4.78, 5) is 24.0. The first-order valence-corrected chi connectivity index (χ1v) is 13.3. The van der Waals surface area contributed by atoms with Crippen LogP contribution in [0.3, 0.4) is 0 Å². The van der Waals surface area contributed by atoms with Gasteiger partial charge in [0.2, 0.25) is 0 Å². The van der Waals surface area contributed by atoms with Crippen molar-refractivity contribution in [1.82, 2.24) is 29.7 Å². The van der Waals surface area contributed by atoms with Crippen molar-refractivity contribution in [1.29, 1.82) is 0 Å². The molecule has 40 heavy (non-hydrogen) atoms. The molecule has 1 aliphatic heterocycles. The Balaban J connectivity index is 1.34. The molecule has 1 aliphatic rings. The van der Waals surface area contributed by atoms with E-state index in [1.165, 1.54) is 13.3 Å². The van der Waals surface area contributed by atoms with Crippen molar-refractivity contribution in [3.05, 3.63) is 83.3 Å². The number of aromatic nitrogens is 4. The smallest absolute Gasteiger partial charge is 0.255 e. The number of nitrogens with one attached hydrogen (secondary N) is 3. The molecular weight excluding hydrogens is 509 g/mol. The first-order chi connectivity index (χ1) is 19.2. The number of carbonyl (C=O) groups excluding carboxylic acids is 1. The van der Waals surface area contributed by atoms with Gasteiger partial charge in [0.1, 0.15) is 24.1 Å². The number of aryl methyl sites for hydroxylation is 2. The summed E-state index contributed by atoms with van der Waals surface area (Å²) in [6.45, 7) is 9.12. The maximum Gasteiger partial charge on any atom is 0.255 e. The maximum absolute atomic E-state index is 13.7. The van der Waals surface area contributed by atoms with E-state index in [9.17, 15) is 9.18 Å². The molecule has 0 aliphatic carbocycles. The number of likely N-dealkylation sites (N-methyl/N-ethyl adjacent to an activating group) is 1. The second-order valence-electron chi connectivity index (χ2n) is 10.1. The Morgan fingerprint density at radius 1 is 1.00 bits per heavy atom. The predicted molar refractivity (Wildman–Crippen MR) is 155 cm³/mol. The Bertz CT molecular complexity index is 1490. The molecular formula is C29H34FN9O. The van der Waals surface area contributed by atoms with Crippen molar-refractivity contribution < 1.29 is 9.18 Å². The van der Waals surface area contributed by atoms with Gasteiger partial charge >= 0.3 is 0 Å². The molecule has 1 atom stereocenters. The Morgan fingerprint density at radius 3 is 2.58 bits per heavy atom. The molecule has 2 aromatic carbocycles. The third-order valence-electron chi connectivity index (χ3n) is 6.84. The van der Waals surface area contributed by atoms with Gasteiger partial charge < -0.3 is 21.0 Å². The van der Waals surface area contributed by atoms with Crippen LogP contribution in [-0.4, -0.2) is 68.8 Å². The molecule has 208 valence electrons. The third-order valence-corrected chi connectivity index (χ3v) is 6.84. The van der Waals surface area contributed by atoms with Gasteiger partial charge in [-0.2, -0.15) is 9.78 Å². The van der Waals surface area contributed by atoms with Crippen LogP contribution in [0.2, 0.25) is 0 Å². The summed E-state index contributed by atoms with van der Waals surface area (Å²) in [6.07, 6.45) is 0.374. The number of anilines is 4. The molecule has 2 aromatic heterocycles. The van der Waals surface area contributed by atoms with E-state index < -0.39 is 6.17 Å². The largest absolute Gasteiger partial charge is 0.340 e. The van der Waals surface area contributed by atoms with E-state index in [-0.39, 0.29) is 5.91 Å². The standard InChI is InChI=1S/C29H34FN9O/c1-19-8-9-24(33-29(40)23-7-5-6-22(15-23)21(3)30)16-25(19)34-28-14-20(2)35-39(28)27-17-26(31-18-32-27)36-38-12-10-37(4)11-13-38/h5-9,14-18,21,34H,10-13H2,1-4H3,(H,33,40)(H,31,32,36). The van der Waals surface area contributed by atoms with Gasteiger partial charge in [-0.25, -0.2) is 19.4 Å². The normalized spacial score (nSPS) is 15.0. The third kappa shape index (κ3) is 6.44. The SMILES string of the molecule is Cc1cc(Nc2cc(NC(=O)c3cccc(C(C)F)c3)ccc2C)n(-c2cc(NN3CCN(C)CC3)ncn2)n1. The number of hydrogen-bond donors (Lipinski definition) is 3. The summed E-state index contributed by atoms with van der Waals surface area (Å²) in [6, 6.07) is 16.0. The van der Waals surface area contributed by atoms with Crippen LogP contribution in [-0.2, 0) is 0 Å². The van der Waals surface area contributed by atoms with Gasteiger partial charge in [-0.1, -0.05) is 18.2 Å².